The molecule has 2 amide bonds. The molecule has 5 heteroatoms. The van der Waals surface area contributed by atoms with Gasteiger partial charge in [0.1, 0.15) is 11.8 Å². The lowest BCUT2D eigenvalue weighted by Crippen LogP contribution is -2.50. The summed E-state index contributed by atoms with van der Waals surface area (Å²) in [7, 11) is 0. The lowest BCUT2D eigenvalue weighted by Gasteiger charge is -2.23. The van der Waals surface area contributed by atoms with Gasteiger partial charge in [0, 0.05) is 5.54 Å². The molecule has 0 bridgehead atoms. The Hall–Kier alpha value is -2.04. The largest absolute Gasteiger partial charge is 0.507 e. The van der Waals surface area contributed by atoms with Gasteiger partial charge in [-0.05, 0) is 58.7 Å². The van der Waals surface area contributed by atoms with Crippen molar-refractivity contribution in [1.82, 2.24) is 10.6 Å². The molecule has 1 atom stereocenters. The van der Waals surface area contributed by atoms with Gasteiger partial charge >= 0.3 is 0 Å². The van der Waals surface area contributed by atoms with Crippen molar-refractivity contribution >= 4 is 11.8 Å². The molecule has 1 aromatic carbocycles. The maximum Gasteiger partial charge on any atom is 0.255 e. The van der Waals surface area contributed by atoms with Gasteiger partial charge in [0.2, 0.25) is 5.91 Å². The van der Waals surface area contributed by atoms with Crippen LogP contribution in [0.1, 0.15) is 49.2 Å². The number of benzene rings is 1. The Labute approximate surface area is 125 Å². The van der Waals surface area contributed by atoms with Crippen molar-refractivity contribution in [3.05, 3.63) is 28.8 Å². The fourth-order valence-electron chi connectivity index (χ4n) is 1.80. The molecule has 21 heavy (non-hydrogen) atoms. The van der Waals surface area contributed by atoms with E-state index in [1.54, 1.807) is 26.0 Å². The van der Waals surface area contributed by atoms with Crippen LogP contribution in [0.15, 0.2) is 12.1 Å². The number of phenols is 1. The molecule has 116 valence electrons. The van der Waals surface area contributed by atoms with Gasteiger partial charge in [-0.2, -0.15) is 0 Å². The highest BCUT2D eigenvalue weighted by molar-refractivity contribution is 6.00. The van der Waals surface area contributed by atoms with Crippen LogP contribution in [0.5, 0.6) is 5.75 Å². The predicted octanol–water partition coefficient (Wildman–Crippen LogP) is 2.04. The molecule has 0 radical (unpaired) electrons. The highest BCUT2D eigenvalue weighted by Gasteiger charge is 2.22. The molecule has 0 fully saturated rings. The zero-order valence-electron chi connectivity index (χ0n) is 13.5. The van der Waals surface area contributed by atoms with Crippen LogP contribution in [0.2, 0.25) is 0 Å². The van der Waals surface area contributed by atoms with E-state index in [0.29, 0.717) is 5.56 Å². The Bertz CT molecular complexity index is 559. The molecule has 5 nitrogen and oxygen atoms in total. The lowest BCUT2D eigenvalue weighted by atomic mass is 10.0. The number of carbonyl (C=O) groups excluding carboxylic acids is 2. The van der Waals surface area contributed by atoms with Crippen molar-refractivity contribution in [2.75, 3.05) is 0 Å². The van der Waals surface area contributed by atoms with E-state index >= 15 is 0 Å². The first-order chi connectivity index (χ1) is 9.53. The Balaban J connectivity index is 2.82. The SMILES string of the molecule is Cc1ccc(C(=O)NC(C)C(=O)NC(C)(C)C)c(O)c1C. The molecule has 1 aromatic rings. The van der Waals surface area contributed by atoms with Crippen LogP contribution >= 0.6 is 0 Å². The van der Waals surface area contributed by atoms with Crippen LogP contribution in [0, 0.1) is 13.8 Å². The molecule has 1 rings (SSSR count). The normalized spacial score (nSPS) is 12.7. The van der Waals surface area contributed by atoms with E-state index in [2.05, 4.69) is 10.6 Å². The summed E-state index contributed by atoms with van der Waals surface area (Å²) in [5.41, 5.74) is 1.38. The third kappa shape index (κ3) is 4.48. The number of phenolic OH excluding ortho intramolecular Hbond substituents is 1. The van der Waals surface area contributed by atoms with Crippen molar-refractivity contribution in [2.24, 2.45) is 0 Å². The molecule has 0 saturated carbocycles. The molecule has 0 spiro atoms. The standard InChI is InChI=1S/C16H24N2O3/c1-9-7-8-12(13(19)10(9)2)15(21)17-11(3)14(20)18-16(4,5)6/h7-8,11,19H,1-6H3,(H,17,21)(H,18,20). The maximum absolute atomic E-state index is 12.2. The molecule has 0 aromatic heterocycles. The van der Waals surface area contributed by atoms with E-state index in [9.17, 15) is 14.7 Å². The van der Waals surface area contributed by atoms with E-state index < -0.39 is 11.9 Å². The molecular formula is C16H24N2O3. The minimum Gasteiger partial charge on any atom is -0.507 e. The van der Waals surface area contributed by atoms with E-state index in [1.165, 1.54) is 0 Å². The summed E-state index contributed by atoms with van der Waals surface area (Å²) in [5.74, 6) is -0.776. The van der Waals surface area contributed by atoms with Gasteiger partial charge in [-0.25, -0.2) is 0 Å². The molecule has 0 saturated heterocycles. The molecule has 0 aliphatic carbocycles. The second-order valence-corrected chi connectivity index (χ2v) is 6.34. The fourth-order valence-corrected chi connectivity index (χ4v) is 1.80. The van der Waals surface area contributed by atoms with E-state index in [4.69, 9.17) is 0 Å². The van der Waals surface area contributed by atoms with Crippen LogP contribution < -0.4 is 10.6 Å². The summed E-state index contributed by atoms with van der Waals surface area (Å²) < 4.78 is 0. The second-order valence-electron chi connectivity index (χ2n) is 6.34. The Morgan fingerprint density at radius 2 is 1.76 bits per heavy atom. The van der Waals surface area contributed by atoms with Gasteiger partial charge in [0.25, 0.3) is 5.91 Å². The van der Waals surface area contributed by atoms with Crippen molar-refractivity contribution in [3.8, 4) is 5.75 Å². The monoisotopic (exact) mass is 292 g/mol. The van der Waals surface area contributed by atoms with E-state index in [1.807, 2.05) is 27.7 Å². The van der Waals surface area contributed by atoms with Gasteiger partial charge in [-0.3, -0.25) is 9.59 Å². The summed E-state index contributed by atoms with van der Waals surface area (Å²) in [6.45, 7) is 10.8. The number of carbonyl (C=O) groups is 2. The first-order valence-corrected chi connectivity index (χ1v) is 6.95. The summed E-state index contributed by atoms with van der Waals surface area (Å²) in [6.07, 6.45) is 0. The van der Waals surface area contributed by atoms with Gasteiger partial charge in [0.05, 0.1) is 5.56 Å². The smallest absolute Gasteiger partial charge is 0.255 e. The first-order valence-electron chi connectivity index (χ1n) is 6.95. The van der Waals surface area contributed by atoms with Crippen molar-refractivity contribution in [2.45, 2.75) is 53.1 Å². The Morgan fingerprint density at radius 1 is 1.19 bits per heavy atom. The van der Waals surface area contributed by atoms with Crippen LogP contribution in [-0.4, -0.2) is 28.5 Å². The topological polar surface area (TPSA) is 78.4 Å². The van der Waals surface area contributed by atoms with Crippen LogP contribution in [0.3, 0.4) is 0 Å². The molecule has 0 heterocycles. The van der Waals surface area contributed by atoms with Gasteiger partial charge in [0.15, 0.2) is 0 Å². The zero-order chi connectivity index (χ0) is 16.4. The second kappa shape index (κ2) is 6.16. The highest BCUT2D eigenvalue weighted by Crippen LogP contribution is 2.24. The van der Waals surface area contributed by atoms with Crippen LogP contribution in [0.25, 0.3) is 0 Å². The van der Waals surface area contributed by atoms with Crippen LogP contribution in [0.4, 0.5) is 0 Å². The summed E-state index contributed by atoms with van der Waals surface area (Å²) in [5, 5.41) is 15.4. The Kier molecular flexibility index (Phi) is 4.99. The van der Waals surface area contributed by atoms with Crippen molar-refractivity contribution in [1.29, 1.82) is 0 Å². The molecular weight excluding hydrogens is 268 g/mol. The Morgan fingerprint density at radius 3 is 2.29 bits per heavy atom. The summed E-state index contributed by atoms with van der Waals surface area (Å²) in [6, 6.07) is 2.64. The lowest BCUT2D eigenvalue weighted by molar-refractivity contribution is -0.124. The molecule has 1 unspecified atom stereocenters. The minimum absolute atomic E-state index is 0.0454. The van der Waals surface area contributed by atoms with Gasteiger partial charge in [-0.15, -0.1) is 0 Å². The average Bonchev–Trinajstić information content (AvgIpc) is 2.33. The third-order valence-corrected chi connectivity index (χ3v) is 3.19. The van der Waals surface area contributed by atoms with E-state index in [0.717, 1.165) is 5.56 Å². The highest BCUT2D eigenvalue weighted by atomic mass is 16.3. The average molecular weight is 292 g/mol. The molecule has 3 N–H and O–H groups in total. The quantitative estimate of drug-likeness (QED) is 0.797. The first kappa shape index (κ1) is 17.0. The number of rotatable bonds is 3. The number of aryl methyl sites for hydroxylation is 1. The third-order valence-electron chi connectivity index (χ3n) is 3.19. The minimum atomic E-state index is -0.683. The number of aromatic hydroxyl groups is 1. The van der Waals surface area contributed by atoms with Crippen LogP contribution in [-0.2, 0) is 4.79 Å². The van der Waals surface area contributed by atoms with E-state index in [-0.39, 0.29) is 22.8 Å². The number of amides is 2. The number of hydrogen-bond donors (Lipinski definition) is 3. The van der Waals surface area contributed by atoms with Crippen molar-refractivity contribution < 1.29 is 14.7 Å². The fraction of sp³-hybridized carbons (Fsp3) is 0.500. The number of hydrogen-bond acceptors (Lipinski definition) is 3. The van der Waals surface area contributed by atoms with Gasteiger partial charge in [-0.1, -0.05) is 6.07 Å². The molecule has 0 aliphatic rings. The zero-order valence-corrected chi connectivity index (χ0v) is 13.5. The van der Waals surface area contributed by atoms with Crippen molar-refractivity contribution in [3.63, 3.8) is 0 Å². The maximum atomic E-state index is 12.2. The summed E-state index contributed by atoms with van der Waals surface area (Å²) >= 11 is 0. The number of nitrogens with one attached hydrogen (secondary N) is 2. The van der Waals surface area contributed by atoms with Gasteiger partial charge < -0.3 is 15.7 Å². The summed E-state index contributed by atoms with van der Waals surface area (Å²) in [4.78, 5) is 24.1. The molecule has 0 aliphatic heterocycles. The predicted molar refractivity (Wildman–Crippen MR) is 82.4 cm³/mol.